The standard InChI is InChI=1S/C26H28N2O2/c1-30-23-12-5-10-21(18-23)24-13-6-14-25(27-24)22-11-7-17-28(19-22)26(29)16-15-20-8-3-2-4-9-20/h2-6,8-10,12-14,18,22H,7,11,15-17,19H2,1H3. The van der Waals surface area contributed by atoms with E-state index in [1.165, 1.54) is 5.56 Å². The van der Waals surface area contributed by atoms with Crippen molar-refractivity contribution in [2.24, 2.45) is 0 Å². The lowest BCUT2D eigenvalue weighted by Gasteiger charge is -2.32. The maximum absolute atomic E-state index is 12.8. The molecule has 4 rings (SSSR count). The van der Waals surface area contributed by atoms with Crippen LogP contribution >= 0.6 is 0 Å². The minimum absolute atomic E-state index is 0.243. The van der Waals surface area contributed by atoms with Crippen molar-refractivity contribution in [1.82, 2.24) is 9.88 Å². The number of carbonyl (C=O) groups is 1. The molecule has 0 N–H and O–H groups in total. The number of carbonyl (C=O) groups excluding carboxylic acids is 1. The Morgan fingerprint density at radius 2 is 1.90 bits per heavy atom. The molecule has 1 saturated heterocycles. The Bertz CT molecular complexity index is 987. The van der Waals surface area contributed by atoms with Gasteiger partial charge in [-0.05, 0) is 49.1 Å². The highest BCUT2D eigenvalue weighted by Crippen LogP contribution is 2.29. The summed E-state index contributed by atoms with van der Waals surface area (Å²) in [7, 11) is 1.67. The third kappa shape index (κ3) is 4.88. The summed E-state index contributed by atoms with van der Waals surface area (Å²) >= 11 is 0. The number of benzene rings is 2. The second-order valence-corrected chi connectivity index (χ2v) is 7.84. The molecule has 0 aliphatic carbocycles. The first-order chi connectivity index (χ1) is 14.7. The molecule has 1 aliphatic heterocycles. The van der Waals surface area contributed by atoms with Crippen LogP contribution in [0, 0.1) is 0 Å². The van der Waals surface area contributed by atoms with Gasteiger partial charge in [0.15, 0.2) is 0 Å². The Kier molecular flexibility index (Phi) is 6.43. The fourth-order valence-corrected chi connectivity index (χ4v) is 4.12. The predicted octanol–water partition coefficient (Wildman–Crippen LogP) is 5.10. The molecule has 4 heteroatoms. The van der Waals surface area contributed by atoms with Crippen LogP contribution in [0.5, 0.6) is 5.75 Å². The molecule has 1 aromatic heterocycles. The molecule has 3 aromatic rings. The van der Waals surface area contributed by atoms with Crippen LogP contribution in [0.4, 0.5) is 0 Å². The summed E-state index contributed by atoms with van der Waals surface area (Å²) < 4.78 is 5.35. The van der Waals surface area contributed by atoms with Gasteiger partial charge in [-0.3, -0.25) is 9.78 Å². The highest BCUT2D eigenvalue weighted by atomic mass is 16.5. The molecule has 30 heavy (non-hydrogen) atoms. The highest BCUT2D eigenvalue weighted by Gasteiger charge is 2.25. The van der Waals surface area contributed by atoms with Gasteiger partial charge in [-0.25, -0.2) is 0 Å². The number of methoxy groups -OCH3 is 1. The highest BCUT2D eigenvalue weighted by molar-refractivity contribution is 5.76. The monoisotopic (exact) mass is 400 g/mol. The Morgan fingerprint density at radius 3 is 2.73 bits per heavy atom. The van der Waals surface area contributed by atoms with Crippen molar-refractivity contribution in [2.75, 3.05) is 20.2 Å². The topological polar surface area (TPSA) is 42.4 Å². The molecule has 0 radical (unpaired) electrons. The van der Waals surface area contributed by atoms with E-state index in [0.29, 0.717) is 6.42 Å². The van der Waals surface area contributed by atoms with Crippen LogP contribution in [0.1, 0.15) is 36.4 Å². The molecule has 4 nitrogen and oxygen atoms in total. The summed E-state index contributed by atoms with van der Waals surface area (Å²) in [5.41, 5.74) is 4.27. The van der Waals surface area contributed by atoms with E-state index in [1.807, 2.05) is 47.4 Å². The number of rotatable bonds is 6. The second-order valence-electron chi connectivity index (χ2n) is 7.84. The van der Waals surface area contributed by atoms with Crippen molar-refractivity contribution in [3.63, 3.8) is 0 Å². The van der Waals surface area contributed by atoms with Gasteiger partial charge in [0.05, 0.1) is 12.8 Å². The molecule has 154 valence electrons. The number of pyridine rings is 1. The molecule has 1 unspecified atom stereocenters. The number of aryl methyl sites for hydroxylation is 1. The number of likely N-dealkylation sites (tertiary alicyclic amines) is 1. The fraction of sp³-hybridized carbons (Fsp3) is 0.308. The summed E-state index contributed by atoms with van der Waals surface area (Å²) in [5.74, 6) is 1.35. The van der Waals surface area contributed by atoms with Crippen molar-refractivity contribution >= 4 is 5.91 Å². The fourth-order valence-electron chi connectivity index (χ4n) is 4.12. The Balaban J connectivity index is 1.43. The van der Waals surface area contributed by atoms with Gasteiger partial charge in [0.25, 0.3) is 0 Å². The SMILES string of the molecule is COc1cccc(-c2cccc(C3CCCN(C(=O)CCc4ccccc4)C3)n2)c1. The summed E-state index contributed by atoms with van der Waals surface area (Å²) in [5, 5.41) is 0. The van der Waals surface area contributed by atoms with Crippen molar-refractivity contribution in [1.29, 1.82) is 0 Å². The first kappa shape index (κ1) is 20.1. The number of amides is 1. The van der Waals surface area contributed by atoms with Crippen LogP contribution < -0.4 is 4.74 Å². The van der Waals surface area contributed by atoms with E-state index < -0.39 is 0 Å². The van der Waals surface area contributed by atoms with Gasteiger partial charge in [0.1, 0.15) is 5.75 Å². The molecule has 1 aliphatic rings. The Morgan fingerprint density at radius 1 is 1.07 bits per heavy atom. The number of hydrogen-bond donors (Lipinski definition) is 0. The molecule has 2 heterocycles. The second kappa shape index (κ2) is 9.57. The van der Waals surface area contributed by atoms with E-state index in [-0.39, 0.29) is 11.8 Å². The summed E-state index contributed by atoms with van der Waals surface area (Å²) in [6.07, 6.45) is 3.45. The lowest BCUT2D eigenvalue weighted by molar-refractivity contribution is -0.132. The van der Waals surface area contributed by atoms with E-state index in [0.717, 1.165) is 55.1 Å². The number of piperidine rings is 1. The number of nitrogens with zero attached hydrogens (tertiary/aromatic N) is 2. The Labute approximate surface area is 178 Å². The van der Waals surface area contributed by atoms with Crippen molar-refractivity contribution < 1.29 is 9.53 Å². The third-order valence-corrected chi connectivity index (χ3v) is 5.80. The zero-order chi connectivity index (χ0) is 20.8. The number of ether oxygens (including phenoxy) is 1. The molecule has 1 amide bonds. The molecule has 2 aromatic carbocycles. The molecule has 1 fully saturated rings. The minimum atomic E-state index is 0.243. The molecular weight excluding hydrogens is 372 g/mol. The zero-order valence-corrected chi connectivity index (χ0v) is 17.5. The molecule has 0 saturated carbocycles. The number of hydrogen-bond acceptors (Lipinski definition) is 3. The van der Waals surface area contributed by atoms with Crippen molar-refractivity contribution in [2.45, 2.75) is 31.6 Å². The minimum Gasteiger partial charge on any atom is -0.497 e. The molecular formula is C26H28N2O2. The van der Waals surface area contributed by atoms with E-state index in [1.54, 1.807) is 7.11 Å². The van der Waals surface area contributed by atoms with E-state index in [2.05, 4.69) is 30.3 Å². The van der Waals surface area contributed by atoms with Gasteiger partial charge in [-0.15, -0.1) is 0 Å². The van der Waals surface area contributed by atoms with E-state index in [4.69, 9.17) is 9.72 Å². The van der Waals surface area contributed by atoms with Crippen LogP contribution in [-0.2, 0) is 11.2 Å². The van der Waals surface area contributed by atoms with Gasteiger partial charge in [0.2, 0.25) is 5.91 Å². The quantitative estimate of drug-likeness (QED) is 0.578. The summed E-state index contributed by atoms with van der Waals surface area (Å²) in [4.78, 5) is 19.8. The van der Waals surface area contributed by atoms with Gasteiger partial charge < -0.3 is 9.64 Å². The van der Waals surface area contributed by atoms with Crippen LogP contribution in [0.25, 0.3) is 11.3 Å². The lowest BCUT2D eigenvalue weighted by Crippen LogP contribution is -2.39. The number of aromatic nitrogens is 1. The van der Waals surface area contributed by atoms with Crippen LogP contribution in [0.3, 0.4) is 0 Å². The van der Waals surface area contributed by atoms with Crippen molar-refractivity contribution in [3.05, 3.63) is 84.1 Å². The van der Waals surface area contributed by atoms with E-state index in [9.17, 15) is 4.79 Å². The molecule has 0 spiro atoms. The molecule has 0 bridgehead atoms. The first-order valence-corrected chi connectivity index (χ1v) is 10.7. The maximum atomic E-state index is 12.8. The van der Waals surface area contributed by atoms with Crippen LogP contribution in [0.2, 0.25) is 0 Å². The van der Waals surface area contributed by atoms with Crippen molar-refractivity contribution in [3.8, 4) is 17.0 Å². The van der Waals surface area contributed by atoms with E-state index >= 15 is 0 Å². The van der Waals surface area contributed by atoms with Crippen LogP contribution in [-0.4, -0.2) is 36.0 Å². The van der Waals surface area contributed by atoms with Gasteiger partial charge in [-0.1, -0.05) is 48.5 Å². The zero-order valence-electron chi connectivity index (χ0n) is 17.5. The van der Waals surface area contributed by atoms with Gasteiger partial charge in [-0.2, -0.15) is 0 Å². The normalized spacial score (nSPS) is 16.3. The Hall–Kier alpha value is -3.14. The van der Waals surface area contributed by atoms with Gasteiger partial charge in [0, 0.05) is 36.7 Å². The average Bonchev–Trinajstić information content (AvgIpc) is 2.83. The predicted molar refractivity (Wildman–Crippen MR) is 120 cm³/mol. The smallest absolute Gasteiger partial charge is 0.222 e. The molecule has 1 atom stereocenters. The lowest BCUT2D eigenvalue weighted by atomic mass is 9.93. The largest absolute Gasteiger partial charge is 0.497 e. The van der Waals surface area contributed by atoms with Crippen LogP contribution in [0.15, 0.2) is 72.8 Å². The maximum Gasteiger partial charge on any atom is 0.222 e. The average molecular weight is 401 g/mol. The summed E-state index contributed by atoms with van der Waals surface area (Å²) in [6, 6.07) is 24.4. The third-order valence-electron chi connectivity index (χ3n) is 5.80. The summed E-state index contributed by atoms with van der Waals surface area (Å²) in [6.45, 7) is 1.60. The van der Waals surface area contributed by atoms with Gasteiger partial charge >= 0.3 is 0 Å². The first-order valence-electron chi connectivity index (χ1n) is 10.7.